The van der Waals surface area contributed by atoms with Crippen LogP contribution in [0.4, 0.5) is 5.69 Å². The second kappa shape index (κ2) is 9.46. The fraction of sp³-hybridized carbons (Fsp3) is 0.409. The van der Waals surface area contributed by atoms with E-state index in [1.807, 2.05) is 44.2 Å². The summed E-state index contributed by atoms with van der Waals surface area (Å²) in [6, 6.07) is 10.2. The van der Waals surface area contributed by atoms with Crippen molar-refractivity contribution in [1.82, 2.24) is 15.2 Å². The van der Waals surface area contributed by atoms with E-state index >= 15 is 0 Å². The molecule has 0 aliphatic heterocycles. The summed E-state index contributed by atoms with van der Waals surface area (Å²) >= 11 is 0. The van der Waals surface area contributed by atoms with E-state index in [1.54, 1.807) is 12.4 Å². The number of anilines is 1. The van der Waals surface area contributed by atoms with E-state index < -0.39 is 0 Å². The molecule has 28 heavy (non-hydrogen) atoms. The molecule has 0 atom stereocenters. The average Bonchev–Trinajstić information content (AvgIpc) is 3.52. The molecule has 1 heterocycles. The number of nitrogens with zero attached hydrogens (tertiary/aromatic N) is 2. The van der Waals surface area contributed by atoms with E-state index in [-0.39, 0.29) is 11.8 Å². The third-order valence-corrected chi connectivity index (χ3v) is 4.94. The normalized spacial score (nSPS) is 13.4. The molecular weight excluding hydrogens is 352 g/mol. The highest BCUT2D eigenvalue weighted by Gasteiger charge is 2.30. The van der Waals surface area contributed by atoms with Crippen molar-refractivity contribution in [2.24, 2.45) is 0 Å². The molecule has 2 N–H and O–H groups in total. The second-order valence-corrected chi connectivity index (χ2v) is 7.45. The Morgan fingerprint density at radius 3 is 2.57 bits per heavy atom. The van der Waals surface area contributed by atoms with Gasteiger partial charge in [0.2, 0.25) is 11.8 Å². The Bertz CT molecular complexity index is 819. The molecule has 2 amide bonds. The maximum absolute atomic E-state index is 12.5. The maximum atomic E-state index is 12.5. The second-order valence-electron chi connectivity index (χ2n) is 7.45. The lowest BCUT2D eigenvalue weighted by atomic mass is 10.1. The zero-order valence-corrected chi connectivity index (χ0v) is 16.6. The van der Waals surface area contributed by atoms with Gasteiger partial charge in [0.25, 0.3) is 0 Å². The number of amides is 2. The van der Waals surface area contributed by atoms with Crippen LogP contribution in [0.25, 0.3) is 0 Å². The summed E-state index contributed by atoms with van der Waals surface area (Å²) in [6.45, 7) is 5.40. The van der Waals surface area contributed by atoms with Gasteiger partial charge in [-0.2, -0.15) is 0 Å². The molecule has 0 bridgehead atoms. The SMILES string of the molecule is Cc1ccc(C)c(NC(=O)CN(CCC(=O)NCc2ccncc2)C2CC2)c1. The zero-order valence-electron chi connectivity index (χ0n) is 16.6. The maximum Gasteiger partial charge on any atom is 0.238 e. The Balaban J connectivity index is 1.46. The summed E-state index contributed by atoms with van der Waals surface area (Å²) in [7, 11) is 0. The van der Waals surface area contributed by atoms with Gasteiger partial charge in [-0.25, -0.2) is 0 Å². The summed E-state index contributed by atoms with van der Waals surface area (Å²) in [4.78, 5) is 30.8. The number of aryl methyl sites for hydroxylation is 2. The molecule has 1 fully saturated rings. The monoisotopic (exact) mass is 380 g/mol. The minimum Gasteiger partial charge on any atom is -0.352 e. The first-order valence-electron chi connectivity index (χ1n) is 9.78. The summed E-state index contributed by atoms with van der Waals surface area (Å²) in [5.41, 5.74) is 4.05. The number of benzene rings is 1. The lowest BCUT2D eigenvalue weighted by Crippen LogP contribution is -2.37. The van der Waals surface area contributed by atoms with Crippen LogP contribution in [0.15, 0.2) is 42.7 Å². The van der Waals surface area contributed by atoms with E-state index in [0.29, 0.717) is 32.1 Å². The highest BCUT2D eigenvalue weighted by atomic mass is 16.2. The van der Waals surface area contributed by atoms with Gasteiger partial charge in [-0.3, -0.25) is 19.5 Å². The van der Waals surface area contributed by atoms with Crippen LogP contribution in [0, 0.1) is 13.8 Å². The average molecular weight is 380 g/mol. The van der Waals surface area contributed by atoms with Gasteiger partial charge in [0.1, 0.15) is 0 Å². The van der Waals surface area contributed by atoms with Crippen LogP contribution < -0.4 is 10.6 Å². The van der Waals surface area contributed by atoms with E-state index in [1.165, 1.54) is 0 Å². The molecule has 3 rings (SSSR count). The predicted octanol–water partition coefficient (Wildman–Crippen LogP) is 2.81. The quantitative estimate of drug-likeness (QED) is 0.702. The standard InChI is InChI=1S/C22H28N4O2/c1-16-3-4-17(2)20(13-16)25-22(28)15-26(19-5-6-19)12-9-21(27)24-14-18-7-10-23-11-8-18/h3-4,7-8,10-11,13,19H,5-6,9,12,14-15H2,1-2H3,(H,24,27)(H,25,28). The van der Waals surface area contributed by atoms with E-state index in [4.69, 9.17) is 0 Å². The molecule has 0 unspecified atom stereocenters. The van der Waals surface area contributed by atoms with E-state index in [9.17, 15) is 9.59 Å². The minimum absolute atomic E-state index is 0.00241. The number of rotatable bonds is 9. The largest absolute Gasteiger partial charge is 0.352 e. The fourth-order valence-corrected chi connectivity index (χ4v) is 3.11. The van der Waals surface area contributed by atoms with Gasteiger partial charge in [0.15, 0.2) is 0 Å². The molecule has 1 aliphatic rings. The van der Waals surface area contributed by atoms with E-state index in [0.717, 1.165) is 35.2 Å². The molecule has 148 valence electrons. The highest BCUT2D eigenvalue weighted by Crippen LogP contribution is 2.27. The Morgan fingerprint density at radius 2 is 1.86 bits per heavy atom. The number of carbonyl (C=O) groups excluding carboxylic acids is 2. The minimum atomic E-state index is -0.0298. The molecule has 0 spiro atoms. The molecule has 1 aliphatic carbocycles. The first-order valence-corrected chi connectivity index (χ1v) is 9.78. The number of aromatic nitrogens is 1. The van der Waals surface area contributed by atoms with Crippen LogP contribution in [-0.2, 0) is 16.1 Å². The van der Waals surface area contributed by atoms with Gasteiger partial charge < -0.3 is 10.6 Å². The van der Waals surface area contributed by atoms with Crippen molar-refractivity contribution < 1.29 is 9.59 Å². The lowest BCUT2D eigenvalue weighted by Gasteiger charge is -2.21. The van der Waals surface area contributed by atoms with Crippen LogP contribution >= 0.6 is 0 Å². The van der Waals surface area contributed by atoms with Crippen molar-refractivity contribution in [3.63, 3.8) is 0 Å². The Kier molecular flexibility index (Phi) is 6.76. The van der Waals surface area contributed by atoms with Crippen molar-refractivity contribution in [1.29, 1.82) is 0 Å². The Morgan fingerprint density at radius 1 is 1.11 bits per heavy atom. The molecule has 0 saturated heterocycles. The van der Waals surface area contributed by atoms with Gasteiger partial charge >= 0.3 is 0 Å². The van der Waals surface area contributed by atoms with Gasteiger partial charge in [0, 0.05) is 43.6 Å². The molecule has 6 nitrogen and oxygen atoms in total. The number of hydrogen-bond acceptors (Lipinski definition) is 4. The van der Waals surface area contributed by atoms with Gasteiger partial charge in [0.05, 0.1) is 6.54 Å². The van der Waals surface area contributed by atoms with Crippen molar-refractivity contribution in [2.45, 2.75) is 45.7 Å². The third kappa shape index (κ3) is 6.16. The third-order valence-electron chi connectivity index (χ3n) is 4.94. The highest BCUT2D eigenvalue weighted by molar-refractivity contribution is 5.93. The van der Waals surface area contributed by atoms with Crippen LogP contribution in [0.5, 0.6) is 0 Å². The molecule has 6 heteroatoms. The number of nitrogens with one attached hydrogen (secondary N) is 2. The van der Waals surface area contributed by atoms with Crippen molar-refractivity contribution in [3.8, 4) is 0 Å². The summed E-state index contributed by atoms with van der Waals surface area (Å²) in [5, 5.41) is 5.94. The van der Waals surface area contributed by atoms with Gasteiger partial charge in [-0.05, 0) is 61.6 Å². The van der Waals surface area contributed by atoms with Crippen LogP contribution in [0.3, 0.4) is 0 Å². The Labute approximate surface area is 166 Å². The number of pyridine rings is 1. The molecule has 2 aromatic rings. The summed E-state index contributed by atoms with van der Waals surface area (Å²) in [6.07, 6.45) is 6.00. The molecule has 1 aromatic heterocycles. The van der Waals surface area contributed by atoms with Gasteiger partial charge in [-0.1, -0.05) is 12.1 Å². The Hall–Kier alpha value is -2.73. The lowest BCUT2D eigenvalue weighted by molar-refractivity contribution is -0.122. The number of hydrogen-bond donors (Lipinski definition) is 2. The van der Waals surface area contributed by atoms with Crippen molar-refractivity contribution >= 4 is 17.5 Å². The summed E-state index contributed by atoms with van der Waals surface area (Å²) < 4.78 is 0. The first-order chi connectivity index (χ1) is 13.5. The fourth-order valence-electron chi connectivity index (χ4n) is 3.11. The van der Waals surface area contributed by atoms with Gasteiger partial charge in [-0.15, -0.1) is 0 Å². The van der Waals surface area contributed by atoms with Crippen molar-refractivity contribution in [2.75, 3.05) is 18.4 Å². The van der Waals surface area contributed by atoms with Crippen molar-refractivity contribution in [3.05, 3.63) is 59.4 Å². The van der Waals surface area contributed by atoms with Crippen LogP contribution in [-0.4, -0.2) is 40.8 Å². The van der Waals surface area contributed by atoms with Crippen LogP contribution in [0.1, 0.15) is 36.0 Å². The topological polar surface area (TPSA) is 74.3 Å². The predicted molar refractivity (Wildman–Crippen MR) is 110 cm³/mol. The number of carbonyl (C=O) groups is 2. The molecule has 1 saturated carbocycles. The molecular formula is C22H28N4O2. The first kappa shape index (κ1) is 20.0. The molecule has 1 aromatic carbocycles. The summed E-state index contributed by atoms with van der Waals surface area (Å²) in [5.74, 6) is -0.0322. The molecule has 0 radical (unpaired) electrons. The zero-order chi connectivity index (χ0) is 19.9. The van der Waals surface area contributed by atoms with Crippen LogP contribution in [0.2, 0.25) is 0 Å². The van der Waals surface area contributed by atoms with E-state index in [2.05, 4.69) is 20.5 Å². The smallest absolute Gasteiger partial charge is 0.238 e.